The number of hydrogen-bond acceptors (Lipinski definition) is 7. The molecule has 0 aliphatic carbocycles. The van der Waals surface area contributed by atoms with Crippen molar-refractivity contribution in [2.45, 2.75) is 13.2 Å². The van der Waals surface area contributed by atoms with Crippen LogP contribution in [0, 0.1) is 17.8 Å². The first-order valence-electron chi connectivity index (χ1n) is 10.2. The van der Waals surface area contributed by atoms with Crippen LogP contribution in [0.4, 0.5) is 11.5 Å². The average Bonchev–Trinajstić information content (AvgIpc) is 2.72. The maximum atomic E-state index is 6.30. The van der Waals surface area contributed by atoms with E-state index in [0.717, 1.165) is 48.5 Å². The molecule has 158 valence electrons. The van der Waals surface area contributed by atoms with E-state index in [-0.39, 0.29) is 6.23 Å². The summed E-state index contributed by atoms with van der Waals surface area (Å²) in [6.07, 6.45) is 6.97. The molecule has 2 aliphatic rings. The lowest BCUT2D eigenvalue weighted by molar-refractivity contribution is -0.214. The van der Waals surface area contributed by atoms with Crippen molar-refractivity contribution in [2.24, 2.45) is 5.41 Å². The Kier molecular flexibility index (Phi) is 4.89. The van der Waals surface area contributed by atoms with Gasteiger partial charge in [0.05, 0.1) is 25.8 Å². The van der Waals surface area contributed by atoms with Crippen molar-refractivity contribution >= 4 is 22.4 Å². The van der Waals surface area contributed by atoms with Gasteiger partial charge in [0.15, 0.2) is 11.5 Å². The molecule has 0 saturated carbocycles. The predicted octanol–water partition coefficient (Wildman–Crippen LogP) is 3.42. The molecule has 1 spiro atoms. The summed E-state index contributed by atoms with van der Waals surface area (Å²) in [6, 6.07) is 11.5. The summed E-state index contributed by atoms with van der Waals surface area (Å²) in [5.74, 6) is 4.62. The number of fused-ring (bicyclic) bond motifs is 1. The Labute approximate surface area is 181 Å². The van der Waals surface area contributed by atoms with Gasteiger partial charge >= 0.3 is 0 Å². The fourth-order valence-electron chi connectivity index (χ4n) is 4.14. The van der Waals surface area contributed by atoms with Crippen molar-refractivity contribution in [3.63, 3.8) is 0 Å². The highest BCUT2D eigenvalue weighted by Gasteiger charge is 2.50. The molecular formula is C24H24N4O3. The normalized spacial score (nSPS) is 18.0. The van der Waals surface area contributed by atoms with Crippen molar-refractivity contribution < 1.29 is 14.2 Å². The van der Waals surface area contributed by atoms with E-state index >= 15 is 0 Å². The number of aromatic nitrogens is 2. The monoisotopic (exact) mass is 416 g/mol. The second-order valence-corrected chi connectivity index (χ2v) is 8.21. The molecule has 2 fully saturated rings. The van der Waals surface area contributed by atoms with Gasteiger partial charge in [-0.1, -0.05) is 12.0 Å². The third-order valence-electron chi connectivity index (χ3n) is 5.92. The number of likely N-dealkylation sites (tertiary alicyclic amines) is 1. The minimum absolute atomic E-state index is 0.0778. The zero-order valence-electron chi connectivity index (χ0n) is 17.6. The molecule has 3 aromatic rings. The van der Waals surface area contributed by atoms with Crippen molar-refractivity contribution in [3.05, 3.63) is 48.3 Å². The Morgan fingerprint density at radius 3 is 2.74 bits per heavy atom. The van der Waals surface area contributed by atoms with Crippen LogP contribution in [0.5, 0.6) is 11.5 Å². The first-order chi connectivity index (χ1) is 15.1. The SMILES string of the molecule is C#Cc1cccc(Nc2ncnc3cc(OC)c(OC(C)N4CC5(COC5)C4)cc23)c1. The van der Waals surface area contributed by atoms with Crippen LogP contribution in [0.15, 0.2) is 42.7 Å². The van der Waals surface area contributed by atoms with E-state index in [2.05, 4.69) is 33.0 Å². The number of rotatable bonds is 6. The first-order valence-corrected chi connectivity index (χ1v) is 10.2. The lowest BCUT2D eigenvalue weighted by Crippen LogP contribution is -2.68. The smallest absolute Gasteiger partial charge is 0.164 e. The maximum Gasteiger partial charge on any atom is 0.164 e. The number of hydrogen-bond donors (Lipinski definition) is 1. The van der Waals surface area contributed by atoms with Crippen LogP contribution in [0.2, 0.25) is 0 Å². The van der Waals surface area contributed by atoms with Crippen LogP contribution >= 0.6 is 0 Å². The van der Waals surface area contributed by atoms with Crippen LogP contribution in [0.1, 0.15) is 12.5 Å². The lowest BCUT2D eigenvalue weighted by Gasteiger charge is -2.56. The molecule has 2 aromatic carbocycles. The Morgan fingerprint density at radius 2 is 2.03 bits per heavy atom. The molecule has 1 aromatic heterocycles. The summed E-state index contributed by atoms with van der Waals surface area (Å²) in [7, 11) is 1.63. The molecule has 2 saturated heterocycles. The number of ether oxygens (including phenoxy) is 3. The van der Waals surface area contributed by atoms with Crippen molar-refractivity contribution in [1.82, 2.24) is 14.9 Å². The number of terminal acetylenes is 1. The molecule has 7 heteroatoms. The summed E-state index contributed by atoms with van der Waals surface area (Å²) in [5.41, 5.74) is 2.75. The van der Waals surface area contributed by atoms with E-state index < -0.39 is 0 Å². The maximum absolute atomic E-state index is 6.30. The molecule has 7 nitrogen and oxygen atoms in total. The zero-order chi connectivity index (χ0) is 21.4. The Morgan fingerprint density at radius 1 is 1.19 bits per heavy atom. The summed E-state index contributed by atoms with van der Waals surface area (Å²) in [6.45, 7) is 5.74. The molecule has 1 atom stereocenters. The van der Waals surface area contributed by atoms with Gasteiger partial charge in [-0.25, -0.2) is 9.97 Å². The van der Waals surface area contributed by atoms with Gasteiger partial charge in [-0.2, -0.15) is 0 Å². The van der Waals surface area contributed by atoms with Crippen LogP contribution < -0.4 is 14.8 Å². The van der Waals surface area contributed by atoms with Gasteiger partial charge in [0.1, 0.15) is 18.4 Å². The topological polar surface area (TPSA) is 68.7 Å². The molecule has 3 heterocycles. The molecule has 0 radical (unpaired) electrons. The highest BCUT2D eigenvalue weighted by atomic mass is 16.5. The summed E-state index contributed by atoms with van der Waals surface area (Å²) in [4.78, 5) is 11.1. The third-order valence-corrected chi connectivity index (χ3v) is 5.92. The van der Waals surface area contributed by atoms with Crippen molar-refractivity contribution in [1.29, 1.82) is 0 Å². The van der Waals surface area contributed by atoms with E-state index in [9.17, 15) is 0 Å². The van der Waals surface area contributed by atoms with Gasteiger partial charge in [0, 0.05) is 41.2 Å². The minimum Gasteiger partial charge on any atom is -0.493 e. The van der Waals surface area contributed by atoms with Crippen molar-refractivity contribution in [2.75, 3.05) is 38.7 Å². The van der Waals surface area contributed by atoms with E-state index in [1.54, 1.807) is 7.11 Å². The van der Waals surface area contributed by atoms with E-state index in [0.29, 0.717) is 22.7 Å². The fraction of sp³-hybridized carbons (Fsp3) is 0.333. The van der Waals surface area contributed by atoms with Crippen LogP contribution in [-0.4, -0.2) is 54.5 Å². The highest BCUT2D eigenvalue weighted by molar-refractivity contribution is 5.93. The Bertz CT molecular complexity index is 1160. The standard InChI is InChI=1S/C24H24N4O3/c1-4-17-6-5-7-18(8-17)27-23-19-9-22(21(29-3)10-20(19)25-15-26-23)31-16(2)28-11-24(12-28)13-30-14-24/h1,5-10,15-16H,11-14H2,2-3H3,(H,25,26,27). The predicted molar refractivity (Wildman–Crippen MR) is 119 cm³/mol. The number of methoxy groups -OCH3 is 1. The first kappa shape index (κ1) is 19.6. The number of nitrogens with one attached hydrogen (secondary N) is 1. The average molecular weight is 416 g/mol. The highest BCUT2D eigenvalue weighted by Crippen LogP contribution is 2.40. The van der Waals surface area contributed by atoms with Crippen LogP contribution in [0.25, 0.3) is 10.9 Å². The minimum atomic E-state index is -0.0778. The Balaban J connectivity index is 1.42. The van der Waals surface area contributed by atoms with Gasteiger partial charge in [-0.15, -0.1) is 6.42 Å². The Hall–Kier alpha value is -3.34. The van der Waals surface area contributed by atoms with E-state index in [4.69, 9.17) is 20.6 Å². The number of benzene rings is 2. The molecular weight excluding hydrogens is 392 g/mol. The quantitative estimate of drug-likeness (QED) is 0.618. The number of nitrogens with zero attached hydrogens (tertiary/aromatic N) is 3. The molecule has 0 amide bonds. The lowest BCUT2D eigenvalue weighted by atomic mass is 9.78. The summed E-state index contributed by atoms with van der Waals surface area (Å²) in [5, 5.41) is 4.18. The van der Waals surface area contributed by atoms with E-state index in [1.165, 1.54) is 6.33 Å². The number of anilines is 2. The molecule has 1 unspecified atom stereocenters. The van der Waals surface area contributed by atoms with Crippen LogP contribution in [0.3, 0.4) is 0 Å². The fourth-order valence-corrected chi connectivity index (χ4v) is 4.14. The van der Waals surface area contributed by atoms with Gasteiger partial charge in [-0.3, -0.25) is 4.90 Å². The largest absolute Gasteiger partial charge is 0.493 e. The molecule has 31 heavy (non-hydrogen) atoms. The molecule has 1 N–H and O–H groups in total. The van der Waals surface area contributed by atoms with Gasteiger partial charge in [-0.05, 0) is 31.2 Å². The third kappa shape index (κ3) is 3.65. The zero-order valence-corrected chi connectivity index (χ0v) is 17.6. The molecule has 5 rings (SSSR count). The summed E-state index contributed by atoms with van der Waals surface area (Å²) < 4.78 is 17.3. The van der Waals surface area contributed by atoms with Crippen molar-refractivity contribution in [3.8, 4) is 23.8 Å². The molecule has 2 aliphatic heterocycles. The molecule has 0 bridgehead atoms. The van der Waals surface area contributed by atoms with E-state index in [1.807, 2.05) is 36.4 Å². The van der Waals surface area contributed by atoms with Gasteiger partial charge < -0.3 is 19.5 Å². The second kappa shape index (κ2) is 7.73. The second-order valence-electron chi connectivity index (χ2n) is 8.21. The van der Waals surface area contributed by atoms with Gasteiger partial charge in [0.2, 0.25) is 0 Å². The van der Waals surface area contributed by atoms with Gasteiger partial charge in [0.25, 0.3) is 0 Å². The summed E-state index contributed by atoms with van der Waals surface area (Å²) >= 11 is 0. The van der Waals surface area contributed by atoms with Crippen LogP contribution in [-0.2, 0) is 4.74 Å².